The van der Waals surface area contributed by atoms with E-state index in [-0.39, 0.29) is 22.4 Å². The molecule has 0 aromatic heterocycles. The summed E-state index contributed by atoms with van der Waals surface area (Å²) < 4.78 is 13.4. The quantitative estimate of drug-likeness (QED) is 0.755. The van der Waals surface area contributed by atoms with Crippen LogP contribution in [-0.2, 0) is 4.79 Å². The van der Waals surface area contributed by atoms with Crippen molar-refractivity contribution in [3.8, 4) is 0 Å². The number of hydrogen-bond donors (Lipinski definition) is 2. The molecule has 0 radical (unpaired) electrons. The number of carboxylic acids is 1. The number of benzene rings is 1. The maximum atomic E-state index is 13.2. The highest BCUT2D eigenvalue weighted by atomic mass is 79.9. The second kappa shape index (κ2) is 7.89. The highest BCUT2D eigenvalue weighted by Crippen LogP contribution is 2.20. The molecule has 0 aliphatic rings. The summed E-state index contributed by atoms with van der Waals surface area (Å²) >= 11 is 3.03. The second-order valence-electron chi connectivity index (χ2n) is 4.06. The molecule has 0 saturated carbocycles. The first-order valence-electron chi connectivity index (χ1n) is 5.96. The van der Waals surface area contributed by atoms with E-state index in [1.54, 1.807) is 0 Å². The zero-order valence-corrected chi connectivity index (χ0v) is 11.9. The number of carboxylic acid groups (broad SMARTS) is 1. The molecule has 0 unspecified atom stereocenters. The van der Waals surface area contributed by atoms with Crippen molar-refractivity contribution in [3.63, 3.8) is 0 Å². The van der Waals surface area contributed by atoms with Crippen molar-refractivity contribution in [2.24, 2.45) is 0 Å². The molecule has 104 valence electrons. The van der Waals surface area contributed by atoms with Crippen molar-refractivity contribution in [2.75, 3.05) is 6.54 Å². The van der Waals surface area contributed by atoms with Gasteiger partial charge in [0.2, 0.25) is 0 Å². The molecule has 0 saturated heterocycles. The number of amides is 1. The molecule has 0 heterocycles. The topological polar surface area (TPSA) is 66.4 Å². The van der Waals surface area contributed by atoms with Crippen molar-refractivity contribution in [3.05, 3.63) is 34.1 Å². The van der Waals surface area contributed by atoms with Crippen molar-refractivity contribution in [1.82, 2.24) is 5.32 Å². The molecule has 1 rings (SSSR count). The maximum absolute atomic E-state index is 13.2. The first kappa shape index (κ1) is 15.6. The third-order valence-electron chi connectivity index (χ3n) is 2.55. The van der Waals surface area contributed by atoms with Crippen molar-refractivity contribution < 1.29 is 19.1 Å². The Bertz CT molecular complexity index is 465. The van der Waals surface area contributed by atoms with Crippen LogP contribution in [0.4, 0.5) is 4.39 Å². The van der Waals surface area contributed by atoms with Gasteiger partial charge in [0.25, 0.3) is 5.91 Å². The van der Waals surface area contributed by atoms with Gasteiger partial charge in [0.1, 0.15) is 5.82 Å². The van der Waals surface area contributed by atoms with Gasteiger partial charge in [0, 0.05) is 13.0 Å². The summed E-state index contributed by atoms with van der Waals surface area (Å²) in [6, 6.07) is 4.28. The monoisotopic (exact) mass is 331 g/mol. The Morgan fingerprint density at radius 3 is 2.68 bits per heavy atom. The number of carbonyl (C=O) groups excluding carboxylic acids is 1. The average molecular weight is 332 g/mol. The predicted octanol–water partition coefficient (Wildman–Crippen LogP) is 2.96. The van der Waals surface area contributed by atoms with Gasteiger partial charge in [-0.3, -0.25) is 9.59 Å². The number of aliphatic carboxylic acids is 1. The van der Waals surface area contributed by atoms with E-state index in [1.165, 1.54) is 18.2 Å². The lowest BCUT2D eigenvalue weighted by Gasteiger charge is -2.07. The van der Waals surface area contributed by atoms with Crippen LogP contribution in [0.2, 0.25) is 0 Å². The normalized spacial score (nSPS) is 10.2. The van der Waals surface area contributed by atoms with Gasteiger partial charge in [-0.15, -0.1) is 0 Å². The van der Waals surface area contributed by atoms with Crippen LogP contribution >= 0.6 is 15.9 Å². The molecule has 1 aromatic carbocycles. The molecule has 0 aliphatic heterocycles. The molecule has 1 aromatic rings. The van der Waals surface area contributed by atoms with E-state index in [1.807, 2.05) is 0 Å². The van der Waals surface area contributed by atoms with Gasteiger partial charge in [-0.2, -0.15) is 0 Å². The Labute approximate surface area is 119 Å². The molecule has 19 heavy (non-hydrogen) atoms. The minimum atomic E-state index is -0.812. The van der Waals surface area contributed by atoms with Crippen molar-refractivity contribution in [1.29, 1.82) is 0 Å². The Morgan fingerprint density at radius 1 is 1.26 bits per heavy atom. The number of nitrogens with one attached hydrogen (secondary N) is 1. The Hall–Kier alpha value is -1.43. The lowest BCUT2D eigenvalue weighted by Crippen LogP contribution is -2.25. The van der Waals surface area contributed by atoms with Crippen LogP contribution in [0.25, 0.3) is 0 Å². The van der Waals surface area contributed by atoms with Gasteiger partial charge in [-0.05, 0) is 40.9 Å². The zero-order chi connectivity index (χ0) is 14.3. The lowest BCUT2D eigenvalue weighted by molar-refractivity contribution is -0.137. The first-order valence-corrected chi connectivity index (χ1v) is 6.75. The van der Waals surface area contributed by atoms with E-state index in [4.69, 9.17) is 5.11 Å². The van der Waals surface area contributed by atoms with E-state index in [0.717, 1.165) is 6.42 Å². The van der Waals surface area contributed by atoms with Crippen LogP contribution < -0.4 is 5.32 Å². The fourth-order valence-electron chi connectivity index (χ4n) is 1.55. The number of rotatable bonds is 7. The predicted molar refractivity (Wildman–Crippen MR) is 72.5 cm³/mol. The molecule has 6 heteroatoms. The Balaban J connectivity index is 2.32. The molecule has 2 N–H and O–H groups in total. The number of unbranched alkanes of at least 4 members (excludes halogenated alkanes) is 2. The first-order chi connectivity index (χ1) is 9.02. The number of hydrogen-bond acceptors (Lipinski definition) is 2. The molecule has 0 atom stereocenters. The third kappa shape index (κ3) is 5.38. The number of carbonyl (C=O) groups is 2. The van der Waals surface area contributed by atoms with E-state index < -0.39 is 11.8 Å². The summed E-state index contributed by atoms with van der Waals surface area (Å²) in [6.07, 6.45) is 2.17. The standard InChI is InChI=1S/C13H15BrFNO3/c14-12-9(5-4-6-10(12)15)13(19)16-8-3-1-2-7-11(17)18/h4-6H,1-3,7-8H2,(H,16,19)(H,17,18). The van der Waals surface area contributed by atoms with Crippen LogP contribution in [0, 0.1) is 5.82 Å². The molecule has 0 bridgehead atoms. The van der Waals surface area contributed by atoms with Gasteiger partial charge in [-0.25, -0.2) is 4.39 Å². The van der Waals surface area contributed by atoms with Crippen LogP contribution in [-0.4, -0.2) is 23.5 Å². The molecule has 0 spiro atoms. The van der Waals surface area contributed by atoms with Gasteiger partial charge >= 0.3 is 5.97 Å². The summed E-state index contributed by atoms with van der Waals surface area (Å²) in [6.45, 7) is 0.446. The molecule has 0 aliphatic carbocycles. The second-order valence-corrected chi connectivity index (χ2v) is 4.85. The van der Waals surface area contributed by atoms with E-state index >= 15 is 0 Å². The molecular weight excluding hydrogens is 317 g/mol. The largest absolute Gasteiger partial charge is 0.481 e. The van der Waals surface area contributed by atoms with Crippen molar-refractivity contribution >= 4 is 27.8 Å². The summed E-state index contributed by atoms with van der Waals surface area (Å²) in [4.78, 5) is 22.0. The Kier molecular flexibility index (Phi) is 6.49. The minimum Gasteiger partial charge on any atom is -0.481 e. The fourth-order valence-corrected chi connectivity index (χ4v) is 2.00. The molecule has 1 amide bonds. The van der Waals surface area contributed by atoms with Gasteiger partial charge in [0.05, 0.1) is 10.0 Å². The third-order valence-corrected chi connectivity index (χ3v) is 3.36. The minimum absolute atomic E-state index is 0.142. The van der Waals surface area contributed by atoms with Crippen LogP contribution in [0.3, 0.4) is 0 Å². The molecule has 0 fully saturated rings. The lowest BCUT2D eigenvalue weighted by atomic mass is 10.2. The van der Waals surface area contributed by atoms with Gasteiger partial charge in [0.15, 0.2) is 0 Å². The van der Waals surface area contributed by atoms with Crippen LogP contribution in [0.15, 0.2) is 22.7 Å². The van der Waals surface area contributed by atoms with Gasteiger partial charge in [-0.1, -0.05) is 12.5 Å². The SMILES string of the molecule is O=C(O)CCCCCNC(=O)c1cccc(F)c1Br. The summed E-state index contributed by atoms with van der Waals surface area (Å²) in [5.74, 6) is -1.63. The highest BCUT2D eigenvalue weighted by molar-refractivity contribution is 9.10. The fraction of sp³-hybridized carbons (Fsp3) is 0.385. The zero-order valence-electron chi connectivity index (χ0n) is 10.3. The summed E-state index contributed by atoms with van der Waals surface area (Å²) in [7, 11) is 0. The maximum Gasteiger partial charge on any atom is 0.303 e. The van der Waals surface area contributed by atoms with E-state index in [0.29, 0.717) is 19.4 Å². The highest BCUT2D eigenvalue weighted by Gasteiger charge is 2.12. The van der Waals surface area contributed by atoms with Crippen LogP contribution in [0.5, 0.6) is 0 Å². The Morgan fingerprint density at radius 2 is 2.00 bits per heavy atom. The number of halogens is 2. The van der Waals surface area contributed by atoms with Crippen LogP contribution in [0.1, 0.15) is 36.0 Å². The van der Waals surface area contributed by atoms with Crippen molar-refractivity contribution in [2.45, 2.75) is 25.7 Å². The smallest absolute Gasteiger partial charge is 0.303 e. The van der Waals surface area contributed by atoms with E-state index in [2.05, 4.69) is 21.2 Å². The summed E-state index contributed by atoms with van der Waals surface area (Å²) in [5, 5.41) is 11.1. The average Bonchev–Trinajstić information content (AvgIpc) is 2.36. The van der Waals surface area contributed by atoms with E-state index in [9.17, 15) is 14.0 Å². The summed E-state index contributed by atoms with van der Waals surface area (Å²) in [5.41, 5.74) is 0.255. The molecular formula is C13H15BrFNO3. The molecule has 4 nitrogen and oxygen atoms in total. The van der Waals surface area contributed by atoms with Gasteiger partial charge < -0.3 is 10.4 Å².